The van der Waals surface area contributed by atoms with Gasteiger partial charge in [-0.2, -0.15) is 0 Å². The molecule has 1 aromatic rings. The quantitative estimate of drug-likeness (QED) is 0.754. The molecule has 2 nitrogen and oxygen atoms in total. The molecule has 1 aromatic heterocycles. The van der Waals surface area contributed by atoms with Crippen molar-refractivity contribution in [2.45, 2.75) is 13.3 Å². The molecular weight excluding hydrogens is 162 g/mol. The lowest BCUT2D eigenvalue weighted by Gasteiger charge is -2.04. The van der Waals surface area contributed by atoms with Gasteiger partial charge in [-0.15, -0.1) is 0 Å². The number of hydrogen-bond acceptors (Lipinski definition) is 2. The van der Waals surface area contributed by atoms with Crippen molar-refractivity contribution in [3.05, 3.63) is 23.9 Å². The molecular formula is C8H10F2N2. The monoisotopic (exact) mass is 172 g/mol. The number of pyridine rings is 1. The maximum absolute atomic E-state index is 11.7. The van der Waals surface area contributed by atoms with Gasteiger partial charge >= 0.3 is 0 Å². The summed E-state index contributed by atoms with van der Waals surface area (Å²) >= 11 is 0. The molecule has 0 saturated carbocycles. The number of aryl methyl sites for hydroxylation is 1. The molecule has 1 N–H and O–H groups in total. The van der Waals surface area contributed by atoms with E-state index in [4.69, 9.17) is 0 Å². The van der Waals surface area contributed by atoms with Gasteiger partial charge in [-0.1, -0.05) is 0 Å². The Kier molecular flexibility index (Phi) is 2.96. The summed E-state index contributed by atoms with van der Waals surface area (Å²) < 4.78 is 23.5. The second-order valence-electron chi connectivity index (χ2n) is 2.49. The summed E-state index contributed by atoms with van der Waals surface area (Å²) in [7, 11) is 0. The number of nitrogens with one attached hydrogen (secondary N) is 1. The Morgan fingerprint density at radius 2 is 2.33 bits per heavy atom. The molecule has 0 atom stereocenters. The minimum absolute atomic E-state index is 0.351. The Morgan fingerprint density at radius 3 is 2.92 bits per heavy atom. The lowest BCUT2D eigenvalue weighted by atomic mass is 10.3. The van der Waals surface area contributed by atoms with Crippen LogP contribution in [0.15, 0.2) is 18.3 Å². The van der Waals surface area contributed by atoms with Crippen LogP contribution in [0.2, 0.25) is 0 Å². The molecule has 0 bridgehead atoms. The molecule has 0 fully saturated rings. The van der Waals surface area contributed by atoms with Crippen LogP contribution >= 0.6 is 0 Å². The average molecular weight is 172 g/mol. The predicted molar refractivity (Wildman–Crippen MR) is 43.5 cm³/mol. The highest BCUT2D eigenvalue weighted by molar-refractivity contribution is 5.36. The summed E-state index contributed by atoms with van der Waals surface area (Å²) in [6.45, 7) is 1.53. The van der Waals surface area contributed by atoms with Gasteiger partial charge in [0.1, 0.15) is 5.82 Å². The number of anilines is 1. The largest absolute Gasteiger partial charge is 0.364 e. The molecule has 0 unspecified atom stereocenters. The average Bonchev–Trinajstić information content (AvgIpc) is 2.01. The van der Waals surface area contributed by atoms with E-state index in [1.165, 1.54) is 0 Å². The van der Waals surface area contributed by atoms with Crippen LogP contribution in [0.4, 0.5) is 14.6 Å². The first-order valence-corrected chi connectivity index (χ1v) is 3.63. The second kappa shape index (κ2) is 3.99. The Balaban J connectivity index is 2.52. The summed E-state index contributed by atoms with van der Waals surface area (Å²) in [6, 6.07) is 3.54. The van der Waals surface area contributed by atoms with E-state index < -0.39 is 6.43 Å². The summed E-state index contributed by atoms with van der Waals surface area (Å²) in [5.41, 5.74) is 1.00. The first kappa shape index (κ1) is 8.90. The van der Waals surface area contributed by atoms with Gasteiger partial charge in [0.25, 0.3) is 6.43 Å². The minimum Gasteiger partial charge on any atom is -0.364 e. The predicted octanol–water partition coefficient (Wildman–Crippen LogP) is 2.07. The highest BCUT2D eigenvalue weighted by Gasteiger charge is 2.01. The first-order chi connectivity index (χ1) is 5.68. The smallest absolute Gasteiger partial charge is 0.255 e. The van der Waals surface area contributed by atoms with Crippen molar-refractivity contribution < 1.29 is 8.78 Å². The highest BCUT2D eigenvalue weighted by atomic mass is 19.3. The molecule has 0 radical (unpaired) electrons. The molecule has 1 rings (SSSR count). The fraction of sp³-hybridized carbons (Fsp3) is 0.375. The van der Waals surface area contributed by atoms with Gasteiger partial charge in [0.15, 0.2) is 0 Å². The third-order valence-corrected chi connectivity index (χ3v) is 1.35. The molecule has 0 aliphatic rings. The lowest BCUT2D eigenvalue weighted by molar-refractivity contribution is 0.163. The fourth-order valence-electron chi connectivity index (χ4n) is 0.815. The first-order valence-electron chi connectivity index (χ1n) is 3.63. The lowest BCUT2D eigenvalue weighted by Crippen LogP contribution is -2.11. The van der Waals surface area contributed by atoms with Crippen molar-refractivity contribution >= 4 is 5.82 Å². The van der Waals surface area contributed by atoms with Gasteiger partial charge in [-0.25, -0.2) is 13.8 Å². The zero-order chi connectivity index (χ0) is 8.97. The van der Waals surface area contributed by atoms with E-state index in [1.807, 2.05) is 13.0 Å². The SMILES string of the molecule is Cc1ccnc(NCC(F)F)c1. The van der Waals surface area contributed by atoms with Crippen LogP contribution in [-0.2, 0) is 0 Å². The number of rotatable bonds is 3. The molecule has 0 aliphatic carbocycles. The van der Waals surface area contributed by atoms with Gasteiger partial charge in [-0.3, -0.25) is 0 Å². The van der Waals surface area contributed by atoms with E-state index in [-0.39, 0.29) is 6.54 Å². The normalized spacial score (nSPS) is 10.3. The van der Waals surface area contributed by atoms with Crippen molar-refractivity contribution in [3.8, 4) is 0 Å². The molecule has 0 aliphatic heterocycles. The van der Waals surface area contributed by atoms with Crippen LogP contribution in [0.1, 0.15) is 5.56 Å². The molecule has 0 saturated heterocycles. The number of hydrogen-bond donors (Lipinski definition) is 1. The van der Waals surface area contributed by atoms with Gasteiger partial charge < -0.3 is 5.32 Å². The van der Waals surface area contributed by atoms with Crippen LogP contribution in [0.5, 0.6) is 0 Å². The van der Waals surface area contributed by atoms with Gasteiger partial charge in [0, 0.05) is 6.20 Å². The van der Waals surface area contributed by atoms with Gasteiger partial charge in [0.2, 0.25) is 0 Å². The van der Waals surface area contributed by atoms with Crippen LogP contribution in [0.25, 0.3) is 0 Å². The van der Waals surface area contributed by atoms with Crippen LogP contribution in [0.3, 0.4) is 0 Å². The Hall–Kier alpha value is -1.19. The summed E-state index contributed by atoms with van der Waals surface area (Å²) in [5.74, 6) is 0.496. The molecule has 0 spiro atoms. The third kappa shape index (κ3) is 2.82. The van der Waals surface area contributed by atoms with Crippen LogP contribution in [0, 0.1) is 6.92 Å². The summed E-state index contributed by atoms with van der Waals surface area (Å²) in [4.78, 5) is 3.87. The summed E-state index contributed by atoms with van der Waals surface area (Å²) in [6.07, 6.45) is -0.754. The Bertz CT molecular complexity index is 251. The zero-order valence-electron chi connectivity index (χ0n) is 6.72. The Labute approximate surface area is 69.6 Å². The zero-order valence-corrected chi connectivity index (χ0v) is 6.72. The third-order valence-electron chi connectivity index (χ3n) is 1.35. The van der Waals surface area contributed by atoms with E-state index in [0.29, 0.717) is 5.82 Å². The van der Waals surface area contributed by atoms with Crippen molar-refractivity contribution in [2.24, 2.45) is 0 Å². The maximum Gasteiger partial charge on any atom is 0.255 e. The molecule has 66 valence electrons. The van der Waals surface area contributed by atoms with Gasteiger partial charge in [-0.05, 0) is 24.6 Å². The number of aromatic nitrogens is 1. The highest BCUT2D eigenvalue weighted by Crippen LogP contribution is 2.05. The molecule has 0 aromatic carbocycles. The molecule has 12 heavy (non-hydrogen) atoms. The standard InChI is InChI=1S/C8H10F2N2/c1-6-2-3-11-8(4-6)12-5-7(9)10/h2-4,7H,5H2,1H3,(H,11,12). The Morgan fingerprint density at radius 1 is 1.58 bits per heavy atom. The van der Waals surface area contributed by atoms with E-state index in [2.05, 4.69) is 10.3 Å². The van der Waals surface area contributed by atoms with E-state index in [1.54, 1.807) is 12.3 Å². The van der Waals surface area contributed by atoms with Crippen molar-refractivity contribution in [3.63, 3.8) is 0 Å². The molecule has 0 amide bonds. The van der Waals surface area contributed by atoms with Crippen LogP contribution < -0.4 is 5.32 Å². The van der Waals surface area contributed by atoms with Crippen molar-refractivity contribution in [2.75, 3.05) is 11.9 Å². The van der Waals surface area contributed by atoms with Gasteiger partial charge in [0.05, 0.1) is 6.54 Å². The number of halogens is 2. The maximum atomic E-state index is 11.7. The minimum atomic E-state index is -2.34. The van der Waals surface area contributed by atoms with Crippen molar-refractivity contribution in [1.29, 1.82) is 0 Å². The van der Waals surface area contributed by atoms with E-state index in [0.717, 1.165) is 5.56 Å². The number of alkyl halides is 2. The van der Waals surface area contributed by atoms with E-state index >= 15 is 0 Å². The summed E-state index contributed by atoms with van der Waals surface area (Å²) in [5, 5.41) is 2.52. The fourth-order valence-corrected chi connectivity index (χ4v) is 0.815. The number of nitrogens with zero attached hydrogens (tertiary/aromatic N) is 1. The second-order valence-corrected chi connectivity index (χ2v) is 2.49. The van der Waals surface area contributed by atoms with Crippen LogP contribution in [-0.4, -0.2) is 18.0 Å². The van der Waals surface area contributed by atoms with Crippen molar-refractivity contribution in [1.82, 2.24) is 4.98 Å². The molecule has 1 heterocycles. The topological polar surface area (TPSA) is 24.9 Å². The van der Waals surface area contributed by atoms with E-state index in [9.17, 15) is 8.78 Å². The molecule has 4 heteroatoms.